The number of allylic oxidation sites excluding steroid dienone is 13. The normalized spacial score (nSPS) is 21.5. The number of aldehydes is 1. The molecule has 0 saturated heterocycles. The highest BCUT2D eigenvalue weighted by Gasteiger charge is 2.80. The molecule has 2 aliphatic carbocycles. The van der Waals surface area contributed by atoms with Gasteiger partial charge in [-0.2, -0.15) is 26.3 Å². The number of rotatable bonds is 9. The second kappa shape index (κ2) is 13.1. The Hall–Kier alpha value is -3.17. The summed E-state index contributed by atoms with van der Waals surface area (Å²) < 4.78 is 90.2. The van der Waals surface area contributed by atoms with Gasteiger partial charge in [-0.1, -0.05) is 73.1 Å². The van der Waals surface area contributed by atoms with Gasteiger partial charge < -0.3 is 0 Å². The van der Waals surface area contributed by atoms with Gasteiger partial charge in [0.05, 0.1) is 4.88 Å². The molecule has 0 bridgehead atoms. The number of halogens is 6. The van der Waals surface area contributed by atoms with Crippen LogP contribution in [0, 0.1) is 19.3 Å². The molecule has 0 radical (unpaired) electrons. The van der Waals surface area contributed by atoms with Crippen molar-refractivity contribution in [1.29, 1.82) is 0 Å². The lowest BCUT2D eigenvalue weighted by Crippen LogP contribution is -2.48. The maximum absolute atomic E-state index is 15.2. The minimum Gasteiger partial charge on any atom is -0.297 e. The Morgan fingerprint density at radius 1 is 0.761 bits per heavy atom. The van der Waals surface area contributed by atoms with E-state index in [2.05, 4.69) is 32.9 Å². The minimum atomic E-state index is -5.65. The van der Waals surface area contributed by atoms with Crippen molar-refractivity contribution in [2.45, 2.75) is 85.5 Å². The molecule has 46 heavy (non-hydrogen) atoms. The highest BCUT2D eigenvalue weighted by atomic mass is 32.1. The fourth-order valence-corrected chi connectivity index (χ4v) is 7.86. The molecule has 2 aromatic rings. The molecule has 0 saturated carbocycles. The standard InChI is InChI=1S/C37H38F6OS2/c1-22(11-8-12-23(2)16-17-31-24(3)14-10-18-34(31,6)7)13-9-15-27-19-29(25(4)45-27)32-33(30-20-28(21-44)46-26(30)5)36(40,41)37(42,43)35(32,38)39/h8-9,11-13,15-17,19-21H,10,14,18H2,1-7H3/b11-8+,15-9+,17-16+,22-13+,23-12+. The predicted octanol–water partition coefficient (Wildman–Crippen LogP) is 12.6. The van der Waals surface area contributed by atoms with Gasteiger partial charge in [-0.25, -0.2) is 0 Å². The second-order valence-corrected chi connectivity index (χ2v) is 15.2. The maximum atomic E-state index is 15.2. The number of aryl methyl sites for hydroxylation is 2. The molecule has 2 aromatic heterocycles. The van der Waals surface area contributed by atoms with Crippen molar-refractivity contribution in [1.82, 2.24) is 0 Å². The summed E-state index contributed by atoms with van der Waals surface area (Å²) in [5.41, 5.74) is 1.31. The number of hydrogen-bond donors (Lipinski definition) is 0. The Morgan fingerprint density at radius 2 is 1.28 bits per heavy atom. The van der Waals surface area contributed by atoms with Crippen LogP contribution in [0.5, 0.6) is 0 Å². The maximum Gasteiger partial charge on any atom is 0.380 e. The summed E-state index contributed by atoms with van der Waals surface area (Å²) in [6.45, 7) is 13.5. The second-order valence-electron chi connectivity index (χ2n) is 12.6. The summed E-state index contributed by atoms with van der Waals surface area (Å²) in [7, 11) is 0. The third-order valence-electron chi connectivity index (χ3n) is 8.59. The zero-order chi connectivity index (χ0) is 34.2. The molecule has 0 aliphatic heterocycles. The van der Waals surface area contributed by atoms with Crippen LogP contribution in [0.1, 0.15) is 89.3 Å². The van der Waals surface area contributed by atoms with Gasteiger partial charge in [0.15, 0.2) is 6.29 Å². The molecule has 0 atom stereocenters. The third-order valence-corrected chi connectivity index (χ3v) is 10.6. The molecule has 0 spiro atoms. The molecule has 2 aliphatic rings. The Kier molecular flexibility index (Phi) is 10.2. The summed E-state index contributed by atoms with van der Waals surface area (Å²) in [6, 6.07) is 2.21. The molecular weight excluding hydrogens is 639 g/mol. The largest absolute Gasteiger partial charge is 0.380 e. The molecular formula is C37H38F6OS2. The lowest BCUT2D eigenvalue weighted by Gasteiger charge is -2.32. The average Bonchev–Trinajstić information content (AvgIpc) is 3.53. The van der Waals surface area contributed by atoms with E-state index in [1.807, 2.05) is 32.1 Å². The van der Waals surface area contributed by atoms with E-state index in [1.54, 1.807) is 18.2 Å². The van der Waals surface area contributed by atoms with E-state index in [9.17, 15) is 13.6 Å². The zero-order valence-corrected chi connectivity index (χ0v) is 28.6. The fraction of sp³-hybridized carbons (Fsp3) is 0.378. The van der Waals surface area contributed by atoms with Gasteiger partial charge in [-0.15, -0.1) is 22.7 Å². The van der Waals surface area contributed by atoms with Crippen LogP contribution in [0.25, 0.3) is 17.2 Å². The van der Waals surface area contributed by atoms with Crippen molar-refractivity contribution >= 4 is 46.2 Å². The van der Waals surface area contributed by atoms with Crippen molar-refractivity contribution < 1.29 is 31.1 Å². The monoisotopic (exact) mass is 676 g/mol. The highest BCUT2D eigenvalue weighted by Crippen LogP contribution is 2.65. The first-order valence-electron chi connectivity index (χ1n) is 15.0. The van der Waals surface area contributed by atoms with Crippen molar-refractivity contribution in [2.75, 3.05) is 0 Å². The number of thiophene rings is 2. The molecule has 246 valence electrons. The number of alkyl halides is 6. The van der Waals surface area contributed by atoms with Gasteiger partial charge >= 0.3 is 17.8 Å². The zero-order valence-electron chi connectivity index (χ0n) is 27.0. The topological polar surface area (TPSA) is 17.1 Å². The number of carbonyl (C=O) groups excluding carboxylic acids is 1. The first-order valence-corrected chi connectivity index (χ1v) is 16.6. The van der Waals surface area contributed by atoms with Crippen molar-refractivity contribution in [3.63, 3.8) is 0 Å². The summed E-state index contributed by atoms with van der Waals surface area (Å²) >= 11 is 1.82. The quantitative estimate of drug-likeness (QED) is 0.147. The van der Waals surface area contributed by atoms with E-state index in [0.29, 0.717) is 11.2 Å². The Labute approximate surface area is 275 Å². The van der Waals surface area contributed by atoms with Crippen molar-refractivity contribution in [3.8, 4) is 0 Å². The van der Waals surface area contributed by atoms with Gasteiger partial charge in [0.2, 0.25) is 0 Å². The lowest BCUT2D eigenvalue weighted by molar-refractivity contribution is -0.254. The predicted molar refractivity (Wildman–Crippen MR) is 180 cm³/mol. The van der Waals surface area contributed by atoms with Gasteiger partial charge in [-0.05, 0) is 94.2 Å². The molecule has 0 fully saturated rings. The average molecular weight is 677 g/mol. The van der Waals surface area contributed by atoms with Crippen LogP contribution >= 0.6 is 22.7 Å². The van der Waals surface area contributed by atoms with Crippen LogP contribution in [0.2, 0.25) is 0 Å². The first kappa shape index (κ1) is 35.7. The fourth-order valence-electron chi connectivity index (χ4n) is 6.06. The van der Waals surface area contributed by atoms with E-state index < -0.39 is 34.5 Å². The third kappa shape index (κ3) is 6.63. The Balaban J connectivity index is 1.58. The molecule has 2 heterocycles. The summed E-state index contributed by atoms with van der Waals surface area (Å²) in [6.07, 6.45) is 19.2. The van der Waals surface area contributed by atoms with E-state index in [-0.39, 0.29) is 25.6 Å². The van der Waals surface area contributed by atoms with Gasteiger partial charge in [0.25, 0.3) is 0 Å². The minimum absolute atomic E-state index is 0.0195. The molecule has 0 amide bonds. The number of hydrogen-bond acceptors (Lipinski definition) is 3. The molecule has 0 N–H and O–H groups in total. The van der Waals surface area contributed by atoms with E-state index in [4.69, 9.17) is 0 Å². The van der Waals surface area contributed by atoms with Crippen LogP contribution in [0.4, 0.5) is 26.3 Å². The van der Waals surface area contributed by atoms with E-state index in [0.717, 1.165) is 46.3 Å². The van der Waals surface area contributed by atoms with E-state index in [1.165, 1.54) is 43.9 Å². The summed E-state index contributed by atoms with van der Waals surface area (Å²) in [5.74, 6) is -15.9. The lowest BCUT2D eigenvalue weighted by atomic mass is 9.72. The van der Waals surface area contributed by atoms with Crippen LogP contribution in [0.3, 0.4) is 0 Å². The smallest absolute Gasteiger partial charge is 0.297 e. The van der Waals surface area contributed by atoms with Crippen LogP contribution < -0.4 is 0 Å². The van der Waals surface area contributed by atoms with Gasteiger partial charge in [0.1, 0.15) is 0 Å². The Morgan fingerprint density at radius 3 is 1.83 bits per heavy atom. The summed E-state index contributed by atoms with van der Waals surface area (Å²) in [5, 5.41) is 0. The highest BCUT2D eigenvalue weighted by molar-refractivity contribution is 7.14. The van der Waals surface area contributed by atoms with Crippen LogP contribution in [0.15, 0.2) is 77.0 Å². The van der Waals surface area contributed by atoms with Crippen molar-refractivity contribution in [2.24, 2.45) is 5.41 Å². The Bertz CT molecular complexity index is 1730. The number of carbonyl (C=O) groups is 1. The molecule has 9 heteroatoms. The molecule has 1 nitrogen and oxygen atoms in total. The molecule has 0 unspecified atom stereocenters. The van der Waals surface area contributed by atoms with E-state index >= 15 is 17.6 Å². The summed E-state index contributed by atoms with van der Waals surface area (Å²) in [4.78, 5) is 11.9. The molecule has 0 aromatic carbocycles. The molecule has 4 rings (SSSR count). The van der Waals surface area contributed by atoms with Crippen LogP contribution in [-0.4, -0.2) is 24.1 Å². The SMILES string of the molecule is CC1=C(/C=C/C(C)=C/C=C/C(C)=C/C=C/c2cc(C3=C(c4cc(C=O)sc4C)C(F)(F)C(F)(F)C3(F)F)c(C)s2)C(C)(C)CCC1. The van der Waals surface area contributed by atoms with Crippen LogP contribution in [-0.2, 0) is 0 Å². The van der Waals surface area contributed by atoms with Crippen molar-refractivity contribution in [3.05, 3.63) is 108 Å². The van der Waals surface area contributed by atoms with Gasteiger partial charge in [0, 0.05) is 25.8 Å². The van der Waals surface area contributed by atoms with Gasteiger partial charge in [-0.3, -0.25) is 4.79 Å². The first-order chi connectivity index (χ1) is 21.3.